The van der Waals surface area contributed by atoms with Gasteiger partial charge in [-0.2, -0.15) is 0 Å². The van der Waals surface area contributed by atoms with Crippen LogP contribution < -0.4 is 10.4 Å². The number of aryl methyl sites for hydroxylation is 1. The highest BCUT2D eigenvalue weighted by atomic mass is 32.1. The van der Waals surface area contributed by atoms with Crippen molar-refractivity contribution in [1.29, 1.82) is 0 Å². The van der Waals surface area contributed by atoms with Crippen LogP contribution in [0.15, 0.2) is 40.5 Å². The zero-order valence-corrected chi connectivity index (χ0v) is 13.0. The van der Waals surface area contributed by atoms with Crippen molar-refractivity contribution in [2.24, 2.45) is 0 Å². The summed E-state index contributed by atoms with van der Waals surface area (Å²) in [5, 5.41) is 19.0. The second-order valence-electron chi connectivity index (χ2n) is 5.04. The Morgan fingerprint density at radius 3 is 3.09 bits per heavy atom. The molecule has 0 atom stereocenters. The molecule has 0 radical (unpaired) electrons. The van der Waals surface area contributed by atoms with Gasteiger partial charge in [0.2, 0.25) is 0 Å². The SMILES string of the molecule is CCn1c([O-])c(C(=O)Nc2nccs2)c2cc3occc3cc21. The van der Waals surface area contributed by atoms with E-state index in [-0.39, 0.29) is 11.4 Å². The van der Waals surface area contributed by atoms with Crippen molar-refractivity contribution in [1.82, 2.24) is 9.55 Å². The van der Waals surface area contributed by atoms with Crippen molar-refractivity contribution in [3.63, 3.8) is 0 Å². The molecule has 3 heterocycles. The summed E-state index contributed by atoms with van der Waals surface area (Å²) >= 11 is 1.30. The Labute approximate surface area is 135 Å². The minimum absolute atomic E-state index is 0.121. The lowest BCUT2D eigenvalue weighted by molar-refractivity contribution is -0.278. The van der Waals surface area contributed by atoms with Gasteiger partial charge in [-0.3, -0.25) is 10.1 Å². The number of furan rings is 1. The summed E-state index contributed by atoms with van der Waals surface area (Å²) in [5.74, 6) is -0.753. The van der Waals surface area contributed by atoms with E-state index in [0.717, 1.165) is 10.9 Å². The van der Waals surface area contributed by atoms with Crippen LogP contribution in [0.25, 0.3) is 21.9 Å². The molecular weight excluding hydrogens is 314 g/mol. The molecular formula is C16H12N3O3S-. The molecule has 1 amide bonds. The summed E-state index contributed by atoms with van der Waals surface area (Å²) in [6.07, 6.45) is 3.19. The molecule has 4 aromatic rings. The van der Waals surface area contributed by atoms with Gasteiger partial charge in [-0.15, -0.1) is 11.3 Å². The molecule has 3 aromatic heterocycles. The van der Waals surface area contributed by atoms with Gasteiger partial charge in [-0.05, 0) is 31.0 Å². The van der Waals surface area contributed by atoms with E-state index in [1.807, 2.05) is 19.1 Å². The quantitative estimate of drug-likeness (QED) is 0.627. The number of anilines is 1. The van der Waals surface area contributed by atoms with E-state index in [1.165, 1.54) is 11.3 Å². The highest BCUT2D eigenvalue weighted by Crippen LogP contribution is 2.33. The van der Waals surface area contributed by atoms with Crippen molar-refractivity contribution in [2.75, 3.05) is 5.32 Å². The molecule has 6 nitrogen and oxygen atoms in total. The number of fused-ring (bicyclic) bond motifs is 2. The first-order chi connectivity index (χ1) is 11.2. The van der Waals surface area contributed by atoms with Gasteiger partial charge in [0.15, 0.2) is 5.13 Å². The van der Waals surface area contributed by atoms with Crippen LogP contribution in [0.5, 0.6) is 5.88 Å². The van der Waals surface area contributed by atoms with Gasteiger partial charge < -0.3 is 14.1 Å². The molecule has 1 aromatic carbocycles. The Morgan fingerprint density at radius 1 is 1.48 bits per heavy atom. The summed E-state index contributed by atoms with van der Waals surface area (Å²) in [6, 6.07) is 5.45. The number of carbonyl (C=O) groups is 1. The van der Waals surface area contributed by atoms with Crippen LogP contribution in [-0.4, -0.2) is 15.5 Å². The Morgan fingerprint density at radius 2 is 2.35 bits per heavy atom. The third-order valence-corrected chi connectivity index (χ3v) is 4.47. The van der Waals surface area contributed by atoms with Crippen molar-refractivity contribution in [3.05, 3.63) is 41.6 Å². The number of hydrogen-bond acceptors (Lipinski definition) is 5. The van der Waals surface area contributed by atoms with Gasteiger partial charge in [0.05, 0.1) is 11.8 Å². The first-order valence-electron chi connectivity index (χ1n) is 7.10. The fourth-order valence-corrected chi connectivity index (χ4v) is 3.28. The molecule has 7 heteroatoms. The first-order valence-corrected chi connectivity index (χ1v) is 7.98. The number of rotatable bonds is 3. The summed E-state index contributed by atoms with van der Waals surface area (Å²) in [5.41, 5.74) is 1.50. The molecule has 0 aliphatic rings. The Kier molecular flexibility index (Phi) is 3.09. The zero-order chi connectivity index (χ0) is 16.0. The number of amides is 1. The lowest BCUT2D eigenvalue weighted by atomic mass is 10.1. The smallest absolute Gasteiger partial charge is 0.258 e. The molecule has 116 valence electrons. The molecule has 23 heavy (non-hydrogen) atoms. The average molecular weight is 326 g/mol. The van der Waals surface area contributed by atoms with E-state index in [2.05, 4.69) is 10.3 Å². The van der Waals surface area contributed by atoms with Crippen LogP contribution in [0.3, 0.4) is 0 Å². The summed E-state index contributed by atoms with van der Waals surface area (Å²) in [7, 11) is 0. The Balaban J connectivity index is 1.93. The summed E-state index contributed by atoms with van der Waals surface area (Å²) in [4.78, 5) is 16.6. The second-order valence-corrected chi connectivity index (χ2v) is 5.94. The molecule has 0 spiro atoms. The molecule has 0 aliphatic heterocycles. The fourth-order valence-electron chi connectivity index (χ4n) is 2.76. The first kappa shape index (κ1) is 13.8. The highest BCUT2D eigenvalue weighted by molar-refractivity contribution is 7.13. The normalized spacial score (nSPS) is 11.3. The molecule has 0 saturated heterocycles. The molecule has 4 rings (SSSR count). The van der Waals surface area contributed by atoms with Crippen LogP contribution >= 0.6 is 11.3 Å². The predicted molar refractivity (Wildman–Crippen MR) is 86.9 cm³/mol. The van der Waals surface area contributed by atoms with E-state index in [1.54, 1.807) is 28.5 Å². The van der Waals surface area contributed by atoms with Gasteiger partial charge >= 0.3 is 0 Å². The number of thiazole rings is 1. The van der Waals surface area contributed by atoms with Gasteiger partial charge in [0, 0.05) is 34.4 Å². The molecule has 1 N–H and O–H groups in total. The Hall–Kier alpha value is -2.80. The predicted octanol–water partition coefficient (Wildman–Crippen LogP) is 3.19. The average Bonchev–Trinajstić information content (AvgIpc) is 3.23. The number of nitrogens with zero attached hydrogens (tertiary/aromatic N) is 2. The van der Waals surface area contributed by atoms with Crippen molar-refractivity contribution >= 4 is 44.2 Å². The maximum absolute atomic E-state index is 12.6. The van der Waals surface area contributed by atoms with E-state index < -0.39 is 5.91 Å². The number of nitrogens with one attached hydrogen (secondary N) is 1. The lowest BCUT2D eigenvalue weighted by Gasteiger charge is -2.13. The van der Waals surface area contributed by atoms with Crippen LogP contribution in [0.4, 0.5) is 5.13 Å². The summed E-state index contributed by atoms with van der Waals surface area (Å²) < 4.78 is 6.99. The number of carbonyl (C=O) groups excluding carboxylic acids is 1. The Bertz CT molecular complexity index is 1010. The molecule has 0 unspecified atom stereocenters. The topological polar surface area (TPSA) is 83.1 Å². The van der Waals surface area contributed by atoms with E-state index >= 15 is 0 Å². The van der Waals surface area contributed by atoms with Crippen LogP contribution in [0, 0.1) is 0 Å². The number of aromatic nitrogens is 2. The third kappa shape index (κ3) is 2.08. The maximum atomic E-state index is 12.6. The van der Waals surface area contributed by atoms with Crippen LogP contribution in [0.1, 0.15) is 17.3 Å². The monoisotopic (exact) mass is 326 g/mol. The van der Waals surface area contributed by atoms with Gasteiger partial charge in [-0.1, -0.05) is 0 Å². The van der Waals surface area contributed by atoms with Crippen molar-refractivity contribution in [2.45, 2.75) is 13.5 Å². The minimum Gasteiger partial charge on any atom is -0.859 e. The van der Waals surface area contributed by atoms with Gasteiger partial charge in [0.1, 0.15) is 5.58 Å². The van der Waals surface area contributed by atoms with Crippen molar-refractivity contribution in [3.8, 4) is 5.88 Å². The maximum Gasteiger partial charge on any atom is 0.258 e. The van der Waals surface area contributed by atoms with E-state index in [4.69, 9.17) is 4.42 Å². The van der Waals surface area contributed by atoms with E-state index in [0.29, 0.717) is 22.6 Å². The van der Waals surface area contributed by atoms with Gasteiger partial charge in [0.25, 0.3) is 5.91 Å². The molecule has 0 saturated carbocycles. The highest BCUT2D eigenvalue weighted by Gasteiger charge is 2.19. The molecule has 0 fully saturated rings. The number of hydrogen-bond donors (Lipinski definition) is 1. The number of benzene rings is 1. The molecule has 0 bridgehead atoms. The van der Waals surface area contributed by atoms with Gasteiger partial charge in [-0.25, -0.2) is 4.98 Å². The zero-order valence-electron chi connectivity index (χ0n) is 12.2. The second kappa shape index (κ2) is 5.13. The largest absolute Gasteiger partial charge is 0.859 e. The minimum atomic E-state index is -0.451. The lowest BCUT2D eigenvalue weighted by Crippen LogP contribution is -2.14. The van der Waals surface area contributed by atoms with Crippen LogP contribution in [0.2, 0.25) is 0 Å². The van der Waals surface area contributed by atoms with E-state index in [9.17, 15) is 9.90 Å². The standard InChI is InChI=1S/C16H13N3O3S/c1-2-19-11-7-9-3-5-22-12(9)8-10(11)13(15(19)21)14(20)18-16-17-4-6-23-16/h3-8,21H,2H2,1H3,(H,17,18,20)/p-1. The molecule has 0 aliphatic carbocycles. The fraction of sp³-hybridized carbons (Fsp3) is 0.125. The third-order valence-electron chi connectivity index (χ3n) is 3.79. The van der Waals surface area contributed by atoms with Crippen LogP contribution in [-0.2, 0) is 6.54 Å². The summed E-state index contributed by atoms with van der Waals surface area (Å²) in [6.45, 7) is 2.37. The van der Waals surface area contributed by atoms with Crippen molar-refractivity contribution < 1.29 is 14.3 Å².